The second-order valence-electron chi connectivity index (χ2n) is 1.59. The summed E-state index contributed by atoms with van der Waals surface area (Å²) in [5.41, 5.74) is 0. The van der Waals surface area contributed by atoms with Crippen LogP contribution < -0.4 is 5.32 Å². The van der Waals surface area contributed by atoms with Gasteiger partial charge in [-0.15, -0.1) is 0 Å². The smallest absolute Gasteiger partial charge is 0.0956 e. The summed E-state index contributed by atoms with van der Waals surface area (Å²) in [6.07, 6.45) is 5.45. The first-order valence-corrected chi connectivity index (χ1v) is 2.54. The fourth-order valence-corrected chi connectivity index (χ4v) is 0.563. The fourth-order valence-electron chi connectivity index (χ4n) is 0.563. The van der Waals surface area contributed by atoms with Crippen LogP contribution in [-0.2, 0) is 6.67 Å². The normalized spacial score (nSPS) is 9.62. The summed E-state index contributed by atoms with van der Waals surface area (Å²) in [4.78, 5) is 3.86. The molecule has 0 aromatic carbocycles. The van der Waals surface area contributed by atoms with Crippen molar-refractivity contribution in [1.82, 2.24) is 14.9 Å². The van der Waals surface area contributed by atoms with E-state index < -0.39 is 0 Å². The van der Waals surface area contributed by atoms with Crippen molar-refractivity contribution < 1.29 is 0 Å². The SMILES string of the molecule is CNCn1ccnc1. The Labute approximate surface area is 48.3 Å². The third-order valence-corrected chi connectivity index (χ3v) is 0.900. The Kier molecular flexibility index (Phi) is 1.64. The van der Waals surface area contributed by atoms with Gasteiger partial charge in [0, 0.05) is 12.4 Å². The van der Waals surface area contributed by atoms with Gasteiger partial charge in [0.2, 0.25) is 0 Å². The first kappa shape index (κ1) is 5.31. The van der Waals surface area contributed by atoms with E-state index in [1.807, 2.05) is 17.8 Å². The van der Waals surface area contributed by atoms with Gasteiger partial charge in [0.05, 0.1) is 13.0 Å². The van der Waals surface area contributed by atoms with Crippen molar-refractivity contribution in [1.29, 1.82) is 0 Å². The molecule has 0 unspecified atom stereocenters. The summed E-state index contributed by atoms with van der Waals surface area (Å²) in [7, 11) is 1.90. The standard InChI is InChI=1S/C5H9N3/c1-6-4-8-3-2-7-5-8/h2-3,5-6H,4H2,1H3. The van der Waals surface area contributed by atoms with E-state index in [0.29, 0.717) is 0 Å². The third kappa shape index (κ3) is 1.07. The summed E-state index contributed by atoms with van der Waals surface area (Å²) in [6.45, 7) is 0.833. The van der Waals surface area contributed by atoms with Crippen molar-refractivity contribution in [3.05, 3.63) is 18.7 Å². The van der Waals surface area contributed by atoms with E-state index in [2.05, 4.69) is 10.3 Å². The van der Waals surface area contributed by atoms with E-state index in [-0.39, 0.29) is 0 Å². The largest absolute Gasteiger partial charge is 0.324 e. The highest BCUT2D eigenvalue weighted by Crippen LogP contribution is 1.79. The molecule has 1 aromatic rings. The second kappa shape index (κ2) is 2.47. The zero-order valence-corrected chi connectivity index (χ0v) is 4.83. The van der Waals surface area contributed by atoms with Gasteiger partial charge in [0.15, 0.2) is 0 Å². The molecule has 0 amide bonds. The summed E-state index contributed by atoms with van der Waals surface area (Å²) < 4.78 is 1.96. The summed E-state index contributed by atoms with van der Waals surface area (Å²) in [6, 6.07) is 0. The second-order valence-corrected chi connectivity index (χ2v) is 1.59. The summed E-state index contributed by atoms with van der Waals surface area (Å²) in [5, 5.41) is 2.99. The maximum atomic E-state index is 3.86. The van der Waals surface area contributed by atoms with E-state index >= 15 is 0 Å². The van der Waals surface area contributed by atoms with Crippen LogP contribution in [0, 0.1) is 0 Å². The van der Waals surface area contributed by atoms with Gasteiger partial charge in [-0.25, -0.2) is 4.98 Å². The molecular weight excluding hydrogens is 102 g/mol. The van der Waals surface area contributed by atoms with E-state index in [1.165, 1.54) is 0 Å². The van der Waals surface area contributed by atoms with Gasteiger partial charge in [-0.1, -0.05) is 0 Å². The number of rotatable bonds is 2. The molecule has 0 aliphatic heterocycles. The zero-order chi connectivity index (χ0) is 5.82. The number of nitrogens with zero attached hydrogens (tertiary/aromatic N) is 2. The van der Waals surface area contributed by atoms with E-state index in [0.717, 1.165) is 6.67 Å². The maximum Gasteiger partial charge on any atom is 0.0956 e. The lowest BCUT2D eigenvalue weighted by Gasteiger charge is -1.95. The lowest BCUT2D eigenvalue weighted by Crippen LogP contribution is -2.10. The molecule has 0 spiro atoms. The Morgan fingerprint density at radius 2 is 2.62 bits per heavy atom. The Morgan fingerprint density at radius 1 is 1.75 bits per heavy atom. The van der Waals surface area contributed by atoms with Crippen molar-refractivity contribution in [3.63, 3.8) is 0 Å². The van der Waals surface area contributed by atoms with Crippen LogP contribution in [-0.4, -0.2) is 16.6 Å². The van der Waals surface area contributed by atoms with Crippen LogP contribution in [0.15, 0.2) is 18.7 Å². The molecule has 1 aromatic heterocycles. The van der Waals surface area contributed by atoms with Crippen molar-refractivity contribution in [3.8, 4) is 0 Å². The van der Waals surface area contributed by atoms with E-state index in [4.69, 9.17) is 0 Å². The van der Waals surface area contributed by atoms with Crippen molar-refractivity contribution in [2.24, 2.45) is 0 Å². The molecule has 0 saturated carbocycles. The Bertz CT molecular complexity index is 133. The molecule has 0 saturated heterocycles. The Hall–Kier alpha value is -0.830. The van der Waals surface area contributed by atoms with Crippen LogP contribution in [0.3, 0.4) is 0 Å². The predicted molar refractivity (Wildman–Crippen MR) is 31.3 cm³/mol. The van der Waals surface area contributed by atoms with Gasteiger partial charge < -0.3 is 9.88 Å². The molecule has 0 radical (unpaired) electrons. The molecule has 0 aliphatic rings. The van der Waals surface area contributed by atoms with Crippen LogP contribution in [0.25, 0.3) is 0 Å². The van der Waals surface area contributed by atoms with Gasteiger partial charge in [-0.2, -0.15) is 0 Å². The lowest BCUT2D eigenvalue weighted by atomic mass is 10.9. The van der Waals surface area contributed by atoms with Crippen LogP contribution in [0.1, 0.15) is 0 Å². The van der Waals surface area contributed by atoms with Gasteiger partial charge in [-0.3, -0.25) is 0 Å². The molecular formula is C5H9N3. The Balaban J connectivity index is 2.50. The first-order valence-electron chi connectivity index (χ1n) is 2.54. The van der Waals surface area contributed by atoms with Crippen molar-refractivity contribution in [2.75, 3.05) is 7.05 Å². The average molecular weight is 111 g/mol. The quantitative estimate of drug-likeness (QED) is 0.585. The summed E-state index contributed by atoms with van der Waals surface area (Å²) >= 11 is 0. The minimum Gasteiger partial charge on any atom is -0.324 e. The number of hydrogen-bond donors (Lipinski definition) is 1. The lowest BCUT2D eigenvalue weighted by molar-refractivity contribution is 0.617. The minimum atomic E-state index is 0.833. The zero-order valence-electron chi connectivity index (χ0n) is 4.83. The summed E-state index contributed by atoms with van der Waals surface area (Å²) in [5.74, 6) is 0. The van der Waals surface area contributed by atoms with Crippen molar-refractivity contribution in [2.45, 2.75) is 6.67 Å². The van der Waals surface area contributed by atoms with Gasteiger partial charge in [0.1, 0.15) is 0 Å². The van der Waals surface area contributed by atoms with Crippen molar-refractivity contribution >= 4 is 0 Å². The minimum absolute atomic E-state index is 0.833. The van der Waals surface area contributed by atoms with Crippen LogP contribution >= 0.6 is 0 Å². The van der Waals surface area contributed by atoms with E-state index in [9.17, 15) is 0 Å². The number of hydrogen-bond acceptors (Lipinski definition) is 2. The number of nitrogens with one attached hydrogen (secondary N) is 1. The maximum absolute atomic E-state index is 3.86. The molecule has 1 rings (SSSR count). The van der Waals surface area contributed by atoms with Crippen LogP contribution in [0.5, 0.6) is 0 Å². The first-order chi connectivity index (χ1) is 3.93. The molecule has 0 aliphatic carbocycles. The molecule has 0 bridgehead atoms. The monoisotopic (exact) mass is 111 g/mol. The molecule has 3 heteroatoms. The highest BCUT2D eigenvalue weighted by Gasteiger charge is 1.80. The highest BCUT2D eigenvalue weighted by molar-refractivity contribution is 4.72. The molecule has 44 valence electrons. The van der Waals surface area contributed by atoms with Crippen LogP contribution in [0.4, 0.5) is 0 Å². The Morgan fingerprint density at radius 3 is 3.12 bits per heavy atom. The number of aromatic nitrogens is 2. The van der Waals surface area contributed by atoms with Gasteiger partial charge >= 0.3 is 0 Å². The third-order valence-electron chi connectivity index (χ3n) is 0.900. The predicted octanol–water partition coefficient (Wildman–Crippen LogP) is 0.0600. The number of imidazole rings is 1. The van der Waals surface area contributed by atoms with E-state index in [1.54, 1.807) is 12.5 Å². The molecule has 1 N–H and O–H groups in total. The van der Waals surface area contributed by atoms with Crippen LogP contribution in [0.2, 0.25) is 0 Å². The molecule has 1 heterocycles. The highest BCUT2D eigenvalue weighted by atomic mass is 15.1. The molecule has 3 nitrogen and oxygen atoms in total. The average Bonchev–Trinajstić information content (AvgIpc) is 2.19. The topological polar surface area (TPSA) is 29.9 Å². The van der Waals surface area contributed by atoms with Gasteiger partial charge in [0.25, 0.3) is 0 Å². The van der Waals surface area contributed by atoms with Gasteiger partial charge in [-0.05, 0) is 7.05 Å². The molecule has 0 fully saturated rings. The molecule has 0 atom stereocenters. The fraction of sp³-hybridized carbons (Fsp3) is 0.400. The molecule has 8 heavy (non-hydrogen) atoms.